The van der Waals surface area contributed by atoms with Crippen molar-refractivity contribution in [3.63, 3.8) is 0 Å². The van der Waals surface area contributed by atoms with Crippen molar-refractivity contribution >= 4 is 29.1 Å². The highest BCUT2D eigenvalue weighted by Crippen LogP contribution is 2.20. The minimum absolute atomic E-state index is 0.0422. The van der Waals surface area contributed by atoms with Crippen LogP contribution in [0.3, 0.4) is 0 Å². The number of amides is 2. The molecular weight excluding hydrogens is 400 g/mol. The van der Waals surface area contributed by atoms with Gasteiger partial charge in [-0.05, 0) is 61.8 Å². The van der Waals surface area contributed by atoms with E-state index in [0.29, 0.717) is 37.5 Å². The fraction of sp³-hybridized carbons (Fsp3) is 0.333. The quantitative estimate of drug-likeness (QED) is 0.749. The van der Waals surface area contributed by atoms with Gasteiger partial charge in [0.05, 0.1) is 12.2 Å². The van der Waals surface area contributed by atoms with Gasteiger partial charge in [0.1, 0.15) is 11.6 Å². The van der Waals surface area contributed by atoms with E-state index in [9.17, 15) is 18.4 Å². The first-order chi connectivity index (χ1) is 13.9. The molecule has 0 saturated carbocycles. The maximum Gasteiger partial charge on any atom is 0.238 e. The van der Waals surface area contributed by atoms with Crippen LogP contribution in [-0.2, 0) is 16.1 Å². The van der Waals surface area contributed by atoms with E-state index in [1.165, 1.54) is 30.3 Å². The van der Waals surface area contributed by atoms with Gasteiger partial charge in [0, 0.05) is 17.5 Å². The minimum atomic E-state index is -0.542. The summed E-state index contributed by atoms with van der Waals surface area (Å²) in [5.41, 5.74) is 0.889. The van der Waals surface area contributed by atoms with Gasteiger partial charge in [-0.3, -0.25) is 14.5 Å². The molecule has 8 heteroatoms. The Labute approximate surface area is 173 Å². The van der Waals surface area contributed by atoms with Crippen molar-refractivity contribution in [3.8, 4) is 0 Å². The number of rotatable bonds is 6. The molecule has 1 fully saturated rings. The molecule has 1 saturated heterocycles. The number of nitrogens with one attached hydrogen (secondary N) is 2. The van der Waals surface area contributed by atoms with Crippen LogP contribution >= 0.6 is 11.6 Å². The molecule has 29 heavy (non-hydrogen) atoms. The average molecular weight is 422 g/mol. The topological polar surface area (TPSA) is 61.4 Å². The van der Waals surface area contributed by atoms with Gasteiger partial charge in [0.25, 0.3) is 0 Å². The predicted molar refractivity (Wildman–Crippen MR) is 107 cm³/mol. The summed E-state index contributed by atoms with van der Waals surface area (Å²) in [5, 5.41) is 5.75. The smallest absolute Gasteiger partial charge is 0.238 e. The maximum absolute atomic E-state index is 13.7. The highest BCUT2D eigenvalue weighted by molar-refractivity contribution is 6.30. The second-order valence-corrected chi connectivity index (χ2v) is 7.50. The van der Waals surface area contributed by atoms with E-state index in [1.54, 1.807) is 12.1 Å². The van der Waals surface area contributed by atoms with Crippen molar-refractivity contribution in [2.45, 2.75) is 19.4 Å². The van der Waals surface area contributed by atoms with Crippen LogP contribution in [0.4, 0.5) is 14.5 Å². The van der Waals surface area contributed by atoms with Crippen molar-refractivity contribution in [2.24, 2.45) is 5.92 Å². The summed E-state index contributed by atoms with van der Waals surface area (Å²) >= 11 is 5.83. The largest absolute Gasteiger partial charge is 0.352 e. The zero-order valence-electron chi connectivity index (χ0n) is 15.8. The molecule has 0 atom stereocenters. The summed E-state index contributed by atoms with van der Waals surface area (Å²) in [6.45, 7) is 1.67. The van der Waals surface area contributed by atoms with Gasteiger partial charge in [-0.15, -0.1) is 0 Å². The molecule has 1 aliphatic heterocycles. The third-order valence-corrected chi connectivity index (χ3v) is 5.14. The monoisotopic (exact) mass is 421 g/mol. The van der Waals surface area contributed by atoms with Crippen LogP contribution in [0.25, 0.3) is 0 Å². The number of carbonyl (C=O) groups excluding carboxylic acids is 2. The lowest BCUT2D eigenvalue weighted by molar-refractivity contribution is -0.126. The number of likely N-dealkylation sites (tertiary alicyclic amines) is 1. The number of nitrogens with zero attached hydrogens (tertiary/aromatic N) is 1. The molecule has 5 nitrogen and oxygen atoms in total. The van der Waals surface area contributed by atoms with E-state index in [2.05, 4.69) is 10.6 Å². The Morgan fingerprint density at radius 2 is 1.76 bits per heavy atom. The third kappa shape index (κ3) is 6.24. The van der Waals surface area contributed by atoms with Crippen LogP contribution in [0.15, 0.2) is 42.5 Å². The van der Waals surface area contributed by atoms with Crippen molar-refractivity contribution in [2.75, 3.05) is 25.0 Å². The first kappa shape index (κ1) is 21.2. The lowest BCUT2D eigenvalue weighted by atomic mass is 9.96. The molecule has 0 unspecified atom stereocenters. The number of hydrogen-bond donors (Lipinski definition) is 2. The van der Waals surface area contributed by atoms with Crippen LogP contribution in [0, 0.1) is 17.6 Å². The summed E-state index contributed by atoms with van der Waals surface area (Å²) in [6.07, 6.45) is 1.27. The number of anilines is 1. The standard InChI is InChI=1S/C21H22ClF2N3O2/c22-16-3-6-18(24)19(11-16)26-20(28)13-27-9-7-15(8-10-27)21(29)25-12-14-1-4-17(23)5-2-14/h1-6,11,15H,7-10,12-13H2,(H,25,29)(H,26,28). The van der Waals surface area contributed by atoms with Crippen LogP contribution in [-0.4, -0.2) is 36.3 Å². The Kier molecular flexibility index (Phi) is 7.17. The highest BCUT2D eigenvalue weighted by atomic mass is 35.5. The van der Waals surface area contributed by atoms with Gasteiger partial charge in [-0.25, -0.2) is 8.78 Å². The van der Waals surface area contributed by atoms with Gasteiger partial charge in [0.15, 0.2) is 0 Å². The summed E-state index contributed by atoms with van der Waals surface area (Å²) in [6, 6.07) is 9.98. The number of hydrogen-bond acceptors (Lipinski definition) is 3. The Balaban J connectivity index is 1.41. The lowest BCUT2D eigenvalue weighted by Crippen LogP contribution is -2.43. The molecule has 0 spiro atoms. The Morgan fingerprint density at radius 3 is 2.45 bits per heavy atom. The fourth-order valence-electron chi connectivity index (χ4n) is 3.28. The normalized spacial score (nSPS) is 15.1. The number of carbonyl (C=O) groups is 2. The number of piperidine rings is 1. The molecule has 0 radical (unpaired) electrons. The van der Waals surface area contributed by atoms with E-state index in [4.69, 9.17) is 11.6 Å². The van der Waals surface area contributed by atoms with Gasteiger partial charge >= 0.3 is 0 Å². The molecule has 2 aromatic carbocycles. The minimum Gasteiger partial charge on any atom is -0.352 e. The van der Waals surface area contributed by atoms with Crippen molar-refractivity contribution in [3.05, 3.63) is 64.7 Å². The maximum atomic E-state index is 13.7. The summed E-state index contributed by atoms with van der Waals surface area (Å²) < 4.78 is 26.6. The molecule has 0 bridgehead atoms. The summed E-state index contributed by atoms with van der Waals surface area (Å²) in [4.78, 5) is 26.4. The number of halogens is 3. The zero-order valence-corrected chi connectivity index (χ0v) is 16.5. The highest BCUT2D eigenvalue weighted by Gasteiger charge is 2.26. The molecule has 2 N–H and O–H groups in total. The Hall–Kier alpha value is -2.51. The van der Waals surface area contributed by atoms with E-state index in [1.807, 2.05) is 4.90 Å². The van der Waals surface area contributed by atoms with Gasteiger partial charge in [-0.2, -0.15) is 0 Å². The fourth-order valence-corrected chi connectivity index (χ4v) is 3.45. The first-order valence-electron chi connectivity index (χ1n) is 9.40. The van der Waals surface area contributed by atoms with Gasteiger partial charge in [0.2, 0.25) is 11.8 Å². The van der Waals surface area contributed by atoms with Gasteiger partial charge in [-0.1, -0.05) is 23.7 Å². The van der Waals surface area contributed by atoms with E-state index < -0.39 is 5.82 Å². The second kappa shape index (κ2) is 9.80. The van der Waals surface area contributed by atoms with Crippen LogP contribution in [0.1, 0.15) is 18.4 Å². The summed E-state index contributed by atoms with van der Waals surface area (Å²) in [5.74, 6) is -1.35. The van der Waals surface area contributed by atoms with Crippen LogP contribution < -0.4 is 10.6 Å². The molecule has 1 aliphatic rings. The molecule has 3 rings (SSSR count). The molecule has 0 aromatic heterocycles. The second-order valence-electron chi connectivity index (χ2n) is 7.07. The van der Waals surface area contributed by atoms with E-state index in [-0.39, 0.29) is 35.8 Å². The Morgan fingerprint density at radius 1 is 1.07 bits per heavy atom. The molecule has 154 valence electrons. The van der Waals surface area contributed by atoms with Crippen molar-refractivity contribution < 1.29 is 18.4 Å². The predicted octanol–water partition coefficient (Wildman–Crippen LogP) is 3.59. The lowest BCUT2D eigenvalue weighted by Gasteiger charge is -2.30. The average Bonchev–Trinajstić information content (AvgIpc) is 2.70. The zero-order chi connectivity index (χ0) is 20.8. The first-order valence-corrected chi connectivity index (χ1v) is 9.78. The molecule has 1 heterocycles. The molecule has 0 aliphatic carbocycles. The summed E-state index contributed by atoms with van der Waals surface area (Å²) in [7, 11) is 0. The molecular formula is C21H22ClF2N3O2. The van der Waals surface area contributed by atoms with E-state index in [0.717, 1.165) is 5.56 Å². The van der Waals surface area contributed by atoms with Gasteiger partial charge < -0.3 is 10.6 Å². The molecule has 2 amide bonds. The number of benzene rings is 2. The molecule has 2 aromatic rings. The van der Waals surface area contributed by atoms with Crippen LogP contribution in [0.2, 0.25) is 5.02 Å². The van der Waals surface area contributed by atoms with Crippen LogP contribution in [0.5, 0.6) is 0 Å². The third-order valence-electron chi connectivity index (χ3n) is 4.91. The van der Waals surface area contributed by atoms with Crippen molar-refractivity contribution in [1.29, 1.82) is 0 Å². The SMILES string of the molecule is O=C(CN1CCC(C(=O)NCc2ccc(F)cc2)CC1)Nc1cc(Cl)ccc1F. The Bertz CT molecular complexity index is 869. The van der Waals surface area contributed by atoms with E-state index >= 15 is 0 Å². The van der Waals surface area contributed by atoms with Crippen molar-refractivity contribution in [1.82, 2.24) is 10.2 Å².